The van der Waals surface area contributed by atoms with Crippen LogP contribution in [0.15, 0.2) is 59.6 Å². The van der Waals surface area contributed by atoms with Crippen molar-refractivity contribution in [2.75, 3.05) is 13.1 Å². The Morgan fingerprint density at radius 1 is 1.16 bits per heavy atom. The molecule has 0 saturated carbocycles. The summed E-state index contributed by atoms with van der Waals surface area (Å²) in [5, 5.41) is 10.4. The Morgan fingerprint density at radius 3 is 2.63 bits per heavy atom. The molecule has 4 heterocycles. The van der Waals surface area contributed by atoms with E-state index in [0.717, 1.165) is 27.9 Å². The van der Waals surface area contributed by atoms with E-state index in [1.54, 1.807) is 12.3 Å². The molecule has 0 bridgehead atoms. The zero-order valence-corrected chi connectivity index (χ0v) is 24.5. The Bertz CT molecular complexity index is 1690. The van der Waals surface area contributed by atoms with Crippen molar-refractivity contribution in [3.05, 3.63) is 76.7 Å². The molecule has 1 aromatic carbocycles. The first-order valence-corrected chi connectivity index (χ1v) is 14.9. The maximum absolute atomic E-state index is 16.6. The standard InChI is InChI=1S/C33H35F3N4O3/c1-19-4-5-20(37-16-19)17-43-21-6-9-24-25(14-21)40-18-31(2)26(34)15-32(3,39-12-10-33(35,36)11-13-39)23-8-7-22(30(41)42)27(28(23)31)29(40)38-24/h4-6,9,14-16,22,27H,7-8,10-13,17-18H2,1-3H3,(H,41,42)/t22-,27-,31?,32?/m1/s1. The summed E-state index contributed by atoms with van der Waals surface area (Å²) in [7, 11) is 0. The molecule has 4 atom stereocenters. The smallest absolute Gasteiger partial charge is 0.307 e. The van der Waals surface area contributed by atoms with Gasteiger partial charge in [0.15, 0.2) is 0 Å². The molecule has 2 aliphatic heterocycles. The quantitative estimate of drug-likeness (QED) is 0.338. The van der Waals surface area contributed by atoms with Crippen LogP contribution in [0, 0.1) is 18.3 Å². The second-order valence-corrected chi connectivity index (χ2v) is 13.0. The Balaban J connectivity index is 1.32. The number of carbonyl (C=O) groups is 1. The number of rotatable bonds is 5. The van der Waals surface area contributed by atoms with Crippen molar-refractivity contribution in [3.63, 3.8) is 0 Å². The SMILES string of the molecule is Cc1ccc(COc2ccc3nc4n(c3c2)CC2(C)C(F)=CC(C)(N3CCC(F)(F)CC3)C3=C2[C@H]4[C@H](C(=O)O)CC3)nc1. The zero-order chi connectivity index (χ0) is 30.3. The number of aryl methyl sites for hydroxylation is 1. The van der Waals surface area contributed by atoms with Gasteiger partial charge in [0, 0.05) is 44.7 Å². The topological polar surface area (TPSA) is 80.5 Å². The average molecular weight is 593 g/mol. The van der Waals surface area contributed by atoms with Crippen LogP contribution in [0.5, 0.6) is 5.75 Å². The second-order valence-electron chi connectivity index (χ2n) is 13.0. The fraction of sp³-hybridized carbons (Fsp3) is 0.485. The van der Waals surface area contributed by atoms with Crippen LogP contribution in [-0.4, -0.2) is 55.1 Å². The van der Waals surface area contributed by atoms with E-state index in [4.69, 9.17) is 9.72 Å². The number of hydrogen-bond acceptors (Lipinski definition) is 5. The molecule has 1 saturated heterocycles. The lowest BCUT2D eigenvalue weighted by Crippen LogP contribution is -2.57. The number of nitrogens with zero attached hydrogens (tertiary/aromatic N) is 4. The molecule has 2 unspecified atom stereocenters. The number of benzene rings is 1. The zero-order valence-electron chi connectivity index (χ0n) is 24.5. The number of fused-ring (bicyclic) bond motifs is 4. The highest BCUT2D eigenvalue weighted by Crippen LogP contribution is 2.61. The largest absolute Gasteiger partial charge is 0.487 e. The van der Waals surface area contributed by atoms with Gasteiger partial charge in [0.05, 0.1) is 39.5 Å². The lowest BCUT2D eigenvalue weighted by Gasteiger charge is -2.55. The van der Waals surface area contributed by atoms with Gasteiger partial charge in [-0.2, -0.15) is 0 Å². The maximum Gasteiger partial charge on any atom is 0.307 e. The predicted molar refractivity (Wildman–Crippen MR) is 155 cm³/mol. The first-order chi connectivity index (χ1) is 20.4. The molecule has 10 heteroatoms. The summed E-state index contributed by atoms with van der Waals surface area (Å²) < 4.78 is 52.8. The Kier molecular flexibility index (Phi) is 6.33. The lowest BCUT2D eigenvalue weighted by molar-refractivity contribution is -0.143. The van der Waals surface area contributed by atoms with E-state index in [0.29, 0.717) is 29.9 Å². The molecule has 2 aromatic heterocycles. The van der Waals surface area contributed by atoms with Crippen LogP contribution >= 0.6 is 0 Å². The molecule has 43 heavy (non-hydrogen) atoms. The summed E-state index contributed by atoms with van der Waals surface area (Å²) in [6.45, 7) is 6.54. The molecule has 2 aliphatic carbocycles. The first kappa shape index (κ1) is 28.1. The molecular weight excluding hydrogens is 557 g/mol. The van der Waals surface area contributed by atoms with Crippen LogP contribution in [0.1, 0.15) is 62.5 Å². The number of alkyl halides is 2. The number of allylic oxidation sites excluding steroid dienone is 2. The van der Waals surface area contributed by atoms with Crippen molar-refractivity contribution in [2.45, 2.75) is 77.0 Å². The Labute approximate surface area is 248 Å². The number of carboxylic acids is 1. The summed E-state index contributed by atoms with van der Waals surface area (Å²) in [4.78, 5) is 24.0. The molecule has 226 valence electrons. The van der Waals surface area contributed by atoms with E-state index in [1.165, 1.54) is 0 Å². The molecule has 0 radical (unpaired) electrons. The second kappa shape index (κ2) is 9.67. The van der Waals surface area contributed by atoms with Gasteiger partial charge in [-0.15, -0.1) is 0 Å². The number of aromatic nitrogens is 3. The van der Waals surface area contributed by atoms with Crippen molar-refractivity contribution >= 4 is 17.0 Å². The highest BCUT2D eigenvalue weighted by molar-refractivity contribution is 5.80. The molecular formula is C33H35F3N4O3. The summed E-state index contributed by atoms with van der Waals surface area (Å²) in [5.74, 6) is -4.23. The monoisotopic (exact) mass is 592 g/mol. The van der Waals surface area contributed by atoms with Gasteiger partial charge >= 0.3 is 5.97 Å². The van der Waals surface area contributed by atoms with Gasteiger partial charge in [0.25, 0.3) is 5.92 Å². The van der Waals surface area contributed by atoms with Gasteiger partial charge in [-0.3, -0.25) is 14.7 Å². The molecule has 7 rings (SSSR count). The van der Waals surface area contributed by atoms with E-state index in [2.05, 4.69) is 4.98 Å². The van der Waals surface area contributed by atoms with E-state index < -0.39 is 34.7 Å². The van der Waals surface area contributed by atoms with Crippen LogP contribution in [0.4, 0.5) is 13.2 Å². The lowest BCUT2D eigenvalue weighted by atomic mass is 9.56. The molecule has 0 spiro atoms. The van der Waals surface area contributed by atoms with Crippen LogP contribution in [-0.2, 0) is 17.9 Å². The van der Waals surface area contributed by atoms with E-state index in [-0.39, 0.29) is 44.9 Å². The van der Waals surface area contributed by atoms with Gasteiger partial charge in [-0.25, -0.2) is 18.2 Å². The number of piperidine rings is 1. The summed E-state index contributed by atoms with van der Waals surface area (Å²) in [6.07, 6.45) is 3.68. The number of hydrogen-bond donors (Lipinski definition) is 1. The van der Waals surface area contributed by atoms with Crippen LogP contribution in [0.2, 0.25) is 0 Å². The number of aliphatic carboxylic acids is 1. The van der Waals surface area contributed by atoms with Gasteiger partial charge in [-0.05, 0) is 74.6 Å². The van der Waals surface area contributed by atoms with Gasteiger partial charge < -0.3 is 14.4 Å². The van der Waals surface area contributed by atoms with Crippen molar-refractivity contribution in [1.29, 1.82) is 0 Å². The third kappa shape index (κ3) is 4.39. The van der Waals surface area contributed by atoms with E-state index in [9.17, 15) is 18.7 Å². The summed E-state index contributed by atoms with van der Waals surface area (Å²) in [5.41, 5.74) is 3.00. The van der Waals surface area contributed by atoms with Gasteiger partial charge in [0.2, 0.25) is 0 Å². The van der Waals surface area contributed by atoms with Crippen LogP contribution < -0.4 is 4.74 Å². The van der Waals surface area contributed by atoms with Crippen LogP contribution in [0.3, 0.4) is 0 Å². The Hall–Kier alpha value is -3.66. The van der Waals surface area contributed by atoms with Crippen molar-refractivity contribution < 1.29 is 27.8 Å². The number of pyridine rings is 1. The Morgan fingerprint density at radius 2 is 1.93 bits per heavy atom. The maximum atomic E-state index is 16.6. The molecule has 0 amide bonds. The van der Waals surface area contributed by atoms with E-state index in [1.807, 2.05) is 60.6 Å². The predicted octanol–water partition coefficient (Wildman–Crippen LogP) is 6.57. The fourth-order valence-corrected chi connectivity index (χ4v) is 7.80. The van der Waals surface area contributed by atoms with Crippen molar-refractivity contribution in [1.82, 2.24) is 19.4 Å². The van der Waals surface area contributed by atoms with Crippen molar-refractivity contribution in [3.8, 4) is 5.75 Å². The average Bonchev–Trinajstić information content (AvgIpc) is 3.33. The minimum absolute atomic E-state index is 0.146. The number of halogens is 3. The summed E-state index contributed by atoms with van der Waals surface area (Å²) >= 11 is 0. The molecule has 4 aliphatic rings. The highest BCUT2D eigenvalue weighted by atomic mass is 19.3. The fourth-order valence-electron chi connectivity index (χ4n) is 7.80. The number of imidazole rings is 1. The van der Waals surface area contributed by atoms with Gasteiger partial charge in [0.1, 0.15) is 24.0 Å². The summed E-state index contributed by atoms with van der Waals surface area (Å²) in [6, 6.07) is 9.44. The normalized spacial score (nSPS) is 30.0. The number of carboxylic acid groups (broad SMARTS) is 1. The molecule has 7 nitrogen and oxygen atoms in total. The molecule has 1 N–H and O–H groups in total. The van der Waals surface area contributed by atoms with Crippen LogP contribution in [0.25, 0.3) is 11.0 Å². The van der Waals surface area contributed by atoms with Crippen molar-refractivity contribution in [2.24, 2.45) is 11.3 Å². The molecule has 1 fully saturated rings. The van der Waals surface area contributed by atoms with E-state index >= 15 is 4.39 Å². The minimum atomic E-state index is -2.73. The minimum Gasteiger partial charge on any atom is -0.487 e. The third-order valence-electron chi connectivity index (χ3n) is 10.2. The highest BCUT2D eigenvalue weighted by Gasteiger charge is 2.58. The third-order valence-corrected chi connectivity index (χ3v) is 10.2. The van der Waals surface area contributed by atoms with Gasteiger partial charge in [-0.1, -0.05) is 6.07 Å². The number of ether oxygens (including phenoxy) is 1. The first-order valence-electron chi connectivity index (χ1n) is 14.9. The number of likely N-dealkylation sites (tertiary alicyclic amines) is 1. The molecule has 3 aromatic rings.